The fourth-order valence-electron chi connectivity index (χ4n) is 1.98. The lowest BCUT2D eigenvalue weighted by Crippen LogP contribution is -2.28. The van der Waals surface area contributed by atoms with E-state index in [1.807, 2.05) is 0 Å². The van der Waals surface area contributed by atoms with Gasteiger partial charge in [-0.1, -0.05) is 39.5 Å². The summed E-state index contributed by atoms with van der Waals surface area (Å²) in [5.41, 5.74) is 0. The van der Waals surface area contributed by atoms with E-state index in [1.54, 1.807) is 0 Å². The highest BCUT2D eigenvalue weighted by Crippen LogP contribution is 2.19. The van der Waals surface area contributed by atoms with Crippen LogP contribution in [0.2, 0.25) is 0 Å². The molecular formula is C12H25NO. The molecule has 1 aliphatic rings. The molecule has 0 saturated heterocycles. The second-order valence-corrected chi connectivity index (χ2v) is 4.59. The predicted octanol–water partition coefficient (Wildman–Crippen LogP) is 2.72. The molecule has 0 heterocycles. The number of nitrogens with one attached hydrogen (secondary N) is 1. The van der Waals surface area contributed by atoms with Gasteiger partial charge in [0.25, 0.3) is 0 Å². The third kappa shape index (κ3) is 5.61. The van der Waals surface area contributed by atoms with E-state index >= 15 is 0 Å². The molecule has 0 spiro atoms. The molecule has 84 valence electrons. The zero-order valence-electron chi connectivity index (χ0n) is 9.72. The Morgan fingerprint density at radius 3 is 2.36 bits per heavy atom. The summed E-state index contributed by atoms with van der Waals surface area (Å²) >= 11 is 0. The van der Waals surface area contributed by atoms with E-state index in [0.29, 0.717) is 12.1 Å². The molecule has 1 N–H and O–H groups in total. The molecule has 0 aliphatic heterocycles. The van der Waals surface area contributed by atoms with Crippen LogP contribution in [0.15, 0.2) is 0 Å². The van der Waals surface area contributed by atoms with Gasteiger partial charge in [-0.25, -0.2) is 0 Å². The normalized spacial score (nSPS) is 19.9. The van der Waals surface area contributed by atoms with E-state index in [1.165, 1.54) is 38.5 Å². The first-order chi connectivity index (χ1) is 6.79. The second-order valence-electron chi connectivity index (χ2n) is 4.59. The molecule has 1 fully saturated rings. The molecular weight excluding hydrogens is 174 g/mol. The summed E-state index contributed by atoms with van der Waals surface area (Å²) in [7, 11) is 0. The summed E-state index contributed by atoms with van der Waals surface area (Å²) in [5, 5.41) is 3.38. The van der Waals surface area contributed by atoms with Crippen molar-refractivity contribution in [1.29, 1.82) is 0 Å². The lowest BCUT2D eigenvalue weighted by atomic mass is 10.1. The molecule has 0 aromatic carbocycles. The quantitative estimate of drug-likeness (QED) is 0.543. The van der Waals surface area contributed by atoms with Gasteiger partial charge in [-0.05, 0) is 12.8 Å². The van der Waals surface area contributed by atoms with Crippen molar-refractivity contribution in [2.24, 2.45) is 0 Å². The van der Waals surface area contributed by atoms with Crippen LogP contribution in [0.3, 0.4) is 0 Å². The van der Waals surface area contributed by atoms with E-state index in [4.69, 9.17) is 4.74 Å². The van der Waals surface area contributed by atoms with Crippen molar-refractivity contribution in [3.05, 3.63) is 0 Å². The molecule has 2 heteroatoms. The minimum Gasteiger partial charge on any atom is -0.377 e. The SMILES string of the molecule is CC(C)NCCOC1CCCCCC1. The highest BCUT2D eigenvalue weighted by molar-refractivity contribution is 4.64. The van der Waals surface area contributed by atoms with Crippen LogP contribution in [0.25, 0.3) is 0 Å². The van der Waals surface area contributed by atoms with E-state index < -0.39 is 0 Å². The maximum Gasteiger partial charge on any atom is 0.0594 e. The fourth-order valence-corrected chi connectivity index (χ4v) is 1.98. The molecule has 1 aliphatic carbocycles. The van der Waals surface area contributed by atoms with E-state index in [-0.39, 0.29) is 0 Å². The van der Waals surface area contributed by atoms with Crippen molar-refractivity contribution in [2.75, 3.05) is 13.2 Å². The topological polar surface area (TPSA) is 21.3 Å². The number of hydrogen-bond donors (Lipinski definition) is 1. The lowest BCUT2D eigenvalue weighted by Gasteiger charge is -2.16. The van der Waals surface area contributed by atoms with Crippen molar-refractivity contribution in [1.82, 2.24) is 5.32 Å². The first-order valence-electron chi connectivity index (χ1n) is 6.14. The summed E-state index contributed by atoms with van der Waals surface area (Å²) in [6.45, 7) is 6.22. The van der Waals surface area contributed by atoms with Crippen LogP contribution < -0.4 is 5.32 Å². The summed E-state index contributed by atoms with van der Waals surface area (Å²) in [6.07, 6.45) is 8.65. The molecule has 0 aromatic rings. The average molecular weight is 199 g/mol. The Balaban J connectivity index is 1.99. The van der Waals surface area contributed by atoms with Gasteiger partial charge in [0, 0.05) is 12.6 Å². The van der Waals surface area contributed by atoms with Crippen molar-refractivity contribution in [3.63, 3.8) is 0 Å². The van der Waals surface area contributed by atoms with Gasteiger partial charge in [-0.15, -0.1) is 0 Å². The third-order valence-corrected chi connectivity index (χ3v) is 2.81. The van der Waals surface area contributed by atoms with Crippen LogP contribution in [-0.4, -0.2) is 25.3 Å². The van der Waals surface area contributed by atoms with Gasteiger partial charge in [-0.3, -0.25) is 0 Å². The molecule has 1 rings (SSSR count). The molecule has 14 heavy (non-hydrogen) atoms. The first kappa shape index (κ1) is 12.0. The van der Waals surface area contributed by atoms with Gasteiger partial charge < -0.3 is 10.1 Å². The number of ether oxygens (including phenoxy) is 1. The van der Waals surface area contributed by atoms with Gasteiger partial charge in [0.2, 0.25) is 0 Å². The standard InChI is InChI=1S/C12H25NO/c1-11(2)13-9-10-14-12-7-5-3-4-6-8-12/h11-13H,3-10H2,1-2H3. The van der Waals surface area contributed by atoms with Crippen LogP contribution in [0.5, 0.6) is 0 Å². The molecule has 2 nitrogen and oxygen atoms in total. The van der Waals surface area contributed by atoms with Crippen LogP contribution in [0.1, 0.15) is 52.4 Å². The van der Waals surface area contributed by atoms with Crippen molar-refractivity contribution in [2.45, 2.75) is 64.5 Å². The lowest BCUT2D eigenvalue weighted by molar-refractivity contribution is 0.0444. The van der Waals surface area contributed by atoms with Crippen LogP contribution in [-0.2, 0) is 4.74 Å². The second kappa shape index (κ2) is 7.24. The highest BCUT2D eigenvalue weighted by atomic mass is 16.5. The Kier molecular flexibility index (Phi) is 6.20. The van der Waals surface area contributed by atoms with Crippen LogP contribution >= 0.6 is 0 Å². The van der Waals surface area contributed by atoms with Crippen LogP contribution in [0, 0.1) is 0 Å². The maximum absolute atomic E-state index is 5.85. The Morgan fingerprint density at radius 1 is 1.14 bits per heavy atom. The van der Waals surface area contributed by atoms with Crippen molar-refractivity contribution < 1.29 is 4.74 Å². The van der Waals surface area contributed by atoms with Gasteiger partial charge in [0.1, 0.15) is 0 Å². The Morgan fingerprint density at radius 2 is 1.79 bits per heavy atom. The maximum atomic E-state index is 5.85. The molecule has 0 bridgehead atoms. The fraction of sp³-hybridized carbons (Fsp3) is 1.00. The molecule has 0 unspecified atom stereocenters. The number of rotatable bonds is 5. The van der Waals surface area contributed by atoms with E-state index in [0.717, 1.165) is 13.2 Å². The Hall–Kier alpha value is -0.0800. The Bertz CT molecular complexity index is 128. The zero-order chi connectivity index (χ0) is 10.2. The number of hydrogen-bond acceptors (Lipinski definition) is 2. The minimum atomic E-state index is 0.548. The minimum absolute atomic E-state index is 0.548. The Labute approximate surface area is 88.4 Å². The molecule has 0 aromatic heterocycles. The summed E-state index contributed by atoms with van der Waals surface area (Å²) < 4.78 is 5.85. The predicted molar refractivity (Wildman–Crippen MR) is 60.6 cm³/mol. The third-order valence-electron chi connectivity index (χ3n) is 2.81. The molecule has 0 radical (unpaired) electrons. The first-order valence-corrected chi connectivity index (χ1v) is 6.14. The zero-order valence-corrected chi connectivity index (χ0v) is 9.72. The summed E-state index contributed by atoms with van der Waals surface area (Å²) in [6, 6.07) is 0.577. The van der Waals surface area contributed by atoms with Gasteiger partial charge in [0.15, 0.2) is 0 Å². The van der Waals surface area contributed by atoms with Crippen molar-refractivity contribution >= 4 is 0 Å². The molecule has 0 amide bonds. The molecule has 1 saturated carbocycles. The van der Waals surface area contributed by atoms with E-state index in [9.17, 15) is 0 Å². The summed E-state index contributed by atoms with van der Waals surface area (Å²) in [4.78, 5) is 0. The van der Waals surface area contributed by atoms with E-state index in [2.05, 4.69) is 19.2 Å². The van der Waals surface area contributed by atoms with Crippen molar-refractivity contribution in [3.8, 4) is 0 Å². The largest absolute Gasteiger partial charge is 0.377 e. The van der Waals surface area contributed by atoms with Gasteiger partial charge in [0.05, 0.1) is 12.7 Å². The monoisotopic (exact) mass is 199 g/mol. The highest BCUT2D eigenvalue weighted by Gasteiger charge is 2.11. The summed E-state index contributed by atoms with van der Waals surface area (Å²) in [5.74, 6) is 0. The average Bonchev–Trinajstić information content (AvgIpc) is 2.40. The van der Waals surface area contributed by atoms with Gasteiger partial charge in [-0.2, -0.15) is 0 Å². The van der Waals surface area contributed by atoms with Crippen LogP contribution in [0.4, 0.5) is 0 Å². The molecule has 0 atom stereocenters. The van der Waals surface area contributed by atoms with Gasteiger partial charge >= 0.3 is 0 Å². The smallest absolute Gasteiger partial charge is 0.0594 e.